The highest BCUT2D eigenvalue weighted by molar-refractivity contribution is 7.22. The fourth-order valence-corrected chi connectivity index (χ4v) is 5.63. The van der Waals surface area contributed by atoms with E-state index in [4.69, 9.17) is 40.3 Å². The van der Waals surface area contributed by atoms with E-state index in [0.717, 1.165) is 20.8 Å². The van der Waals surface area contributed by atoms with Crippen LogP contribution in [0.1, 0.15) is 5.56 Å². The quantitative estimate of drug-likeness (QED) is 0.269. The maximum absolute atomic E-state index is 12.3. The number of amides is 1. The first kappa shape index (κ1) is 25.8. The minimum absolute atomic E-state index is 0.0332. The van der Waals surface area contributed by atoms with Gasteiger partial charge >= 0.3 is 6.09 Å². The molecule has 3 aromatic heterocycles. The number of nitrogens with one attached hydrogen (secondary N) is 1. The summed E-state index contributed by atoms with van der Waals surface area (Å²) in [5.74, 6) is 1.80. The monoisotopic (exact) mass is 579 g/mol. The number of carbonyl (C=O) groups excluding carboxylic acids is 1. The molecule has 4 heterocycles. The van der Waals surface area contributed by atoms with Crippen molar-refractivity contribution in [3.8, 4) is 33.8 Å². The third kappa shape index (κ3) is 4.98. The Labute approximate surface area is 237 Å². The van der Waals surface area contributed by atoms with Gasteiger partial charge in [0.15, 0.2) is 17.6 Å². The number of pyridine rings is 1. The zero-order valence-electron chi connectivity index (χ0n) is 21.6. The first-order valence-electron chi connectivity index (χ1n) is 12.1. The van der Waals surface area contributed by atoms with Gasteiger partial charge in [0.25, 0.3) is 0 Å². The normalized spacial score (nSPS) is 14.2. The number of halogens is 1. The molecule has 5 aromatic rings. The van der Waals surface area contributed by atoms with Crippen LogP contribution in [0.25, 0.3) is 31.8 Å². The summed E-state index contributed by atoms with van der Waals surface area (Å²) in [4.78, 5) is 30.2. The van der Waals surface area contributed by atoms with Crippen molar-refractivity contribution in [2.45, 2.75) is 13.0 Å². The molecule has 1 aliphatic heterocycles. The van der Waals surface area contributed by atoms with Crippen LogP contribution in [0.15, 0.2) is 42.7 Å². The number of methoxy groups -OCH3 is 2. The third-order valence-corrected chi connectivity index (χ3v) is 7.42. The molecule has 0 spiro atoms. The first-order valence-corrected chi connectivity index (χ1v) is 13.3. The number of carbonyl (C=O) groups is 1. The second kappa shape index (κ2) is 10.6. The second-order valence-corrected chi connectivity index (χ2v) is 10.2. The molecule has 40 heavy (non-hydrogen) atoms. The van der Waals surface area contributed by atoms with Gasteiger partial charge in [-0.3, -0.25) is 5.32 Å². The van der Waals surface area contributed by atoms with Crippen LogP contribution in [0.5, 0.6) is 23.3 Å². The van der Waals surface area contributed by atoms with Crippen molar-refractivity contribution in [3.05, 3.63) is 53.3 Å². The second-order valence-electron chi connectivity index (χ2n) is 8.84. The Morgan fingerprint density at radius 3 is 2.80 bits per heavy atom. The van der Waals surface area contributed by atoms with E-state index in [2.05, 4.69) is 20.3 Å². The molecule has 1 amide bonds. The lowest BCUT2D eigenvalue weighted by molar-refractivity contribution is 0.0384. The molecule has 1 aliphatic rings. The number of aryl methyl sites for hydroxylation is 1. The molecule has 0 saturated carbocycles. The zero-order chi connectivity index (χ0) is 27.8. The van der Waals surface area contributed by atoms with Crippen LogP contribution in [0.2, 0.25) is 5.02 Å². The lowest BCUT2D eigenvalue weighted by Gasteiger charge is -2.26. The Kier molecular flexibility index (Phi) is 6.86. The molecule has 2 aromatic carbocycles. The highest BCUT2D eigenvalue weighted by Crippen LogP contribution is 2.47. The van der Waals surface area contributed by atoms with Crippen molar-refractivity contribution in [3.63, 3.8) is 0 Å². The highest BCUT2D eigenvalue weighted by Gasteiger charge is 2.28. The molecule has 204 valence electrons. The summed E-state index contributed by atoms with van der Waals surface area (Å²) < 4.78 is 28.6. The lowest BCUT2D eigenvalue weighted by Crippen LogP contribution is -2.35. The van der Waals surface area contributed by atoms with Crippen LogP contribution >= 0.6 is 22.9 Å². The van der Waals surface area contributed by atoms with Gasteiger partial charge in [-0.05, 0) is 30.7 Å². The highest BCUT2D eigenvalue weighted by atomic mass is 35.5. The summed E-state index contributed by atoms with van der Waals surface area (Å²) in [6, 6.07) is 8.83. The van der Waals surface area contributed by atoms with E-state index in [1.807, 2.05) is 19.1 Å². The smallest absolute Gasteiger partial charge is 0.411 e. The molecular weight excluding hydrogens is 558 g/mol. The van der Waals surface area contributed by atoms with E-state index in [0.29, 0.717) is 50.5 Å². The summed E-state index contributed by atoms with van der Waals surface area (Å²) in [6.45, 7) is 2.13. The van der Waals surface area contributed by atoms with Crippen molar-refractivity contribution in [2.75, 3.05) is 32.8 Å². The molecule has 1 atom stereocenters. The Balaban J connectivity index is 1.22. The molecule has 1 N–H and O–H groups in total. The van der Waals surface area contributed by atoms with Crippen molar-refractivity contribution in [1.29, 1.82) is 0 Å². The summed E-state index contributed by atoms with van der Waals surface area (Å²) in [5.41, 5.74) is 4.33. The largest absolute Gasteiger partial charge is 0.484 e. The van der Waals surface area contributed by atoms with Gasteiger partial charge in [0, 0.05) is 23.9 Å². The average Bonchev–Trinajstić information content (AvgIpc) is 3.41. The Morgan fingerprint density at radius 1 is 1.12 bits per heavy atom. The molecule has 0 saturated heterocycles. The number of hydrogen-bond acceptors (Lipinski definition) is 11. The molecule has 11 nitrogen and oxygen atoms in total. The molecule has 0 radical (unpaired) electrons. The number of thiazole rings is 1. The van der Waals surface area contributed by atoms with Crippen molar-refractivity contribution < 1.29 is 28.5 Å². The molecule has 0 bridgehead atoms. The molecule has 0 unspecified atom stereocenters. The van der Waals surface area contributed by atoms with Gasteiger partial charge in [-0.1, -0.05) is 11.6 Å². The number of rotatable bonds is 6. The predicted octanol–water partition coefficient (Wildman–Crippen LogP) is 5.67. The maximum atomic E-state index is 12.3. The fourth-order valence-electron chi connectivity index (χ4n) is 4.24. The lowest BCUT2D eigenvalue weighted by atomic mass is 10.1. The molecular formula is C27H22ClN5O6S. The van der Waals surface area contributed by atoms with Gasteiger partial charge in [-0.15, -0.1) is 11.3 Å². The van der Waals surface area contributed by atoms with Gasteiger partial charge in [-0.2, -0.15) is 0 Å². The van der Waals surface area contributed by atoms with Crippen LogP contribution in [-0.2, 0) is 4.74 Å². The van der Waals surface area contributed by atoms with E-state index < -0.39 is 12.2 Å². The molecule has 0 aliphatic carbocycles. The summed E-state index contributed by atoms with van der Waals surface area (Å²) >= 11 is 8.05. The topological polar surface area (TPSA) is 127 Å². The molecule has 13 heteroatoms. The number of fused-ring (bicyclic) bond motifs is 4. The van der Waals surface area contributed by atoms with Gasteiger partial charge in [0.05, 0.1) is 42.2 Å². The van der Waals surface area contributed by atoms with Crippen molar-refractivity contribution >= 4 is 56.0 Å². The van der Waals surface area contributed by atoms with Crippen LogP contribution in [0.4, 0.5) is 10.5 Å². The van der Waals surface area contributed by atoms with E-state index in [9.17, 15) is 4.79 Å². The SMILES string of the molecule is COc1cc(NC(=O)OC[C@H]2COc3c(cc(Cl)c4nc(-c5cc(C)cc6nc(OC)cnc56)sc34)O2)ccn1. The number of hydrogen-bond donors (Lipinski definition) is 1. The summed E-state index contributed by atoms with van der Waals surface area (Å²) in [6.07, 6.45) is 1.92. The summed E-state index contributed by atoms with van der Waals surface area (Å²) in [7, 11) is 3.05. The van der Waals surface area contributed by atoms with Crippen LogP contribution < -0.4 is 24.3 Å². The Morgan fingerprint density at radius 2 is 1.98 bits per heavy atom. The van der Waals surface area contributed by atoms with Gasteiger partial charge < -0.3 is 23.7 Å². The van der Waals surface area contributed by atoms with Crippen LogP contribution in [0.3, 0.4) is 0 Å². The molecule has 6 rings (SSSR count). The number of anilines is 1. The minimum atomic E-state index is -0.644. The van der Waals surface area contributed by atoms with Crippen LogP contribution in [-0.4, -0.2) is 59.6 Å². The standard InChI is InChI=1S/C27H22ClN5O6S/c1-13-6-16(22-18(7-13)32-21(36-3)10-30-22)26-33-23-17(28)9-19-24(25(23)40-26)37-11-15(39-19)12-38-27(34)31-14-4-5-29-20(8-14)35-2/h4-10,15H,11-12H2,1-3H3,(H,29,31,34)/t15-/m1/s1. The number of benzene rings is 2. The maximum Gasteiger partial charge on any atom is 0.411 e. The van der Waals surface area contributed by atoms with E-state index in [-0.39, 0.29) is 13.2 Å². The van der Waals surface area contributed by atoms with Crippen molar-refractivity contribution in [1.82, 2.24) is 19.9 Å². The van der Waals surface area contributed by atoms with Gasteiger partial charge in [-0.25, -0.2) is 24.7 Å². The minimum Gasteiger partial charge on any atom is -0.484 e. The Bertz CT molecular complexity index is 1760. The predicted molar refractivity (Wildman–Crippen MR) is 150 cm³/mol. The van der Waals surface area contributed by atoms with Gasteiger partial charge in [0.1, 0.15) is 28.4 Å². The third-order valence-electron chi connectivity index (χ3n) is 6.05. The number of ether oxygens (including phenoxy) is 5. The van der Waals surface area contributed by atoms with E-state index >= 15 is 0 Å². The first-order chi connectivity index (χ1) is 19.4. The van der Waals surface area contributed by atoms with Crippen LogP contribution in [0, 0.1) is 6.92 Å². The van der Waals surface area contributed by atoms with Gasteiger partial charge in [0.2, 0.25) is 11.8 Å². The number of nitrogens with zero attached hydrogens (tertiary/aromatic N) is 4. The fraction of sp³-hybridized carbons (Fsp3) is 0.222. The number of aromatic nitrogens is 4. The average molecular weight is 580 g/mol. The van der Waals surface area contributed by atoms with Crippen molar-refractivity contribution in [2.24, 2.45) is 0 Å². The molecule has 0 fully saturated rings. The Hall–Kier alpha value is -4.42. The summed E-state index contributed by atoms with van der Waals surface area (Å²) in [5, 5.41) is 3.76. The van der Waals surface area contributed by atoms with E-state index in [1.54, 1.807) is 31.5 Å². The zero-order valence-corrected chi connectivity index (χ0v) is 23.1. The van der Waals surface area contributed by atoms with E-state index in [1.165, 1.54) is 24.6 Å².